The molecule has 0 aromatic heterocycles. The predicted molar refractivity (Wildman–Crippen MR) is 79.3 cm³/mol. The Morgan fingerprint density at radius 2 is 1.63 bits per heavy atom. The summed E-state index contributed by atoms with van der Waals surface area (Å²) >= 11 is 0. The van der Waals surface area contributed by atoms with Crippen LogP contribution in [0.5, 0.6) is 11.5 Å². The molecule has 2 rings (SSSR count). The highest BCUT2D eigenvalue weighted by atomic mass is 16.5. The smallest absolute Gasteiger partial charge is 0.161 e. The molecule has 0 radical (unpaired) electrons. The van der Waals surface area contributed by atoms with Crippen molar-refractivity contribution in [1.29, 1.82) is 0 Å². The van der Waals surface area contributed by atoms with Gasteiger partial charge in [-0.15, -0.1) is 0 Å². The third kappa shape index (κ3) is 3.07. The number of hydrogen-bond donors (Lipinski definition) is 1. The van der Waals surface area contributed by atoms with Gasteiger partial charge < -0.3 is 15.2 Å². The van der Waals surface area contributed by atoms with Crippen LogP contribution < -0.4 is 15.2 Å². The summed E-state index contributed by atoms with van der Waals surface area (Å²) in [6.45, 7) is 0. The lowest BCUT2D eigenvalue weighted by atomic mass is 10.1. The fourth-order valence-corrected chi connectivity index (χ4v) is 1.81. The van der Waals surface area contributed by atoms with Gasteiger partial charge in [0.15, 0.2) is 11.5 Å². The number of nitrogens with two attached hydrogens (primary N) is 1. The Morgan fingerprint density at radius 3 is 2.32 bits per heavy atom. The number of ether oxygens (including phenoxy) is 2. The van der Waals surface area contributed by atoms with Crippen LogP contribution in [0.2, 0.25) is 0 Å². The minimum Gasteiger partial charge on any atom is -0.493 e. The second-order valence-corrected chi connectivity index (χ2v) is 4.08. The SMILES string of the molecule is COc1ccc(/C=C/c2ccccc2N)cc1OC. The van der Waals surface area contributed by atoms with Gasteiger partial charge in [0.1, 0.15) is 0 Å². The van der Waals surface area contributed by atoms with Gasteiger partial charge in [-0.2, -0.15) is 0 Å². The quantitative estimate of drug-likeness (QED) is 0.672. The summed E-state index contributed by atoms with van der Waals surface area (Å²) in [7, 11) is 3.25. The van der Waals surface area contributed by atoms with Crippen LogP contribution in [0.4, 0.5) is 5.69 Å². The molecule has 0 fully saturated rings. The third-order valence-electron chi connectivity index (χ3n) is 2.86. The van der Waals surface area contributed by atoms with Crippen LogP contribution in [0.1, 0.15) is 11.1 Å². The lowest BCUT2D eigenvalue weighted by Crippen LogP contribution is -1.90. The summed E-state index contributed by atoms with van der Waals surface area (Å²) in [5, 5.41) is 0. The van der Waals surface area contributed by atoms with Gasteiger partial charge >= 0.3 is 0 Å². The molecule has 3 nitrogen and oxygen atoms in total. The van der Waals surface area contributed by atoms with Crippen molar-refractivity contribution >= 4 is 17.8 Å². The van der Waals surface area contributed by atoms with Crippen molar-refractivity contribution in [1.82, 2.24) is 0 Å². The van der Waals surface area contributed by atoms with Gasteiger partial charge in [-0.25, -0.2) is 0 Å². The summed E-state index contributed by atoms with van der Waals surface area (Å²) in [5.41, 5.74) is 8.68. The van der Waals surface area contributed by atoms with Crippen LogP contribution in [0.3, 0.4) is 0 Å². The lowest BCUT2D eigenvalue weighted by molar-refractivity contribution is 0.355. The highest BCUT2D eigenvalue weighted by Gasteiger charge is 2.02. The first kappa shape index (κ1) is 13.0. The Kier molecular flexibility index (Phi) is 4.08. The molecular weight excluding hydrogens is 238 g/mol. The van der Waals surface area contributed by atoms with Crippen molar-refractivity contribution in [2.24, 2.45) is 0 Å². The summed E-state index contributed by atoms with van der Waals surface area (Å²) in [5.74, 6) is 1.43. The van der Waals surface area contributed by atoms with Crippen molar-refractivity contribution < 1.29 is 9.47 Å². The van der Waals surface area contributed by atoms with Crippen molar-refractivity contribution in [2.75, 3.05) is 20.0 Å². The van der Waals surface area contributed by atoms with Crippen LogP contribution in [0.15, 0.2) is 42.5 Å². The monoisotopic (exact) mass is 255 g/mol. The molecule has 2 aromatic rings. The maximum Gasteiger partial charge on any atom is 0.161 e. The van der Waals surface area contributed by atoms with Crippen molar-refractivity contribution in [2.45, 2.75) is 0 Å². The largest absolute Gasteiger partial charge is 0.493 e. The van der Waals surface area contributed by atoms with E-state index in [1.165, 1.54) is 0 Å². The van der Waals surface area contributed by atoms with Gasteiger partial charge in [0.05, 0.1) is 14.2 Å². The van der Waals surface area contributed by atoms with E-state index in [0.29, 0.717) is 5.75 Å². The van der Waals surface area contributed by atoms with E-state index in [9.17, 15) is 0 Å². The highest BCUT2D eigenvalue weighted by molar-refractivity contribution is 5.76. The topological polar surface area (TPSA) is 44.5 Å². The maximum absolute atomic E-state index is 5.89. The average Bonchev–Trinajstić information content (AvgIpc) is 2.46. The van der Waals surface area contributed by atoms with Crippen LogP contribution in [-0.2, 0) is 0 Å². The van der Waals surface area contributed by atoms with Gasteiger partial charge in [-0.1, -0.05) is 36.4 Å². The molecule has 0 aliphatic heterocycles. The first-order valence-corrected chi connectivity index (χ1v) is 5.99. The number of methoxy groups -OCH3 is 2. The van der Waals surface area contributed by atoms with Crippen LogP contribution in [0, 0.1) is 0 Å². The number of hydrogen-bond acceptors (Lipinski definition) is 3. The standard InChI is InChI=1S/C16H17NO2/c1-18-15-10-8-12(11-16(15)19-2)7-9-13-5-3-4-6-14(13)17/h3-11H,17H2,1-2H3/b9-7+. The molecular formula is C16H17NO2. The number of nitrogen functional groups attached to an aromatic ring is 1. The molecule has 0 saturated carbocycles. The Hall–Kier alpha value is -2.42. The molecule has 2 aromatic carbocycles. The van der Waals surface area contributed by atoms with E-state index in [-0.39, 0.29) is 0 Å². The second kappa shape index (κ2) is 5.96. The Bertz CT molecular complexity index is 591. The van der Waals surface area contributed by atoms with Crippen molar-refractivity contribution in [3.63, 3.8) is 0 Å². The lowest BCUT2D eigenvalue weighted by Gasteiger charge is -2.07. The maximum atomic E-state index is 5.89. The van der Waals surface area contributed by atoms with E-state index < -0.39 is 0 Å². The minimum absolute atomic E-state index is 0.714. The number of benzene rings is 2. The average molecular weight is 255 g/mol. The molecule has 0 spiro atoms. The zero-order valence-corrected chi connectivity index (χ0v) is 11.1. The first-order chi connectivity index (χ1) is 9.24. The van der Waals surface area contributed by atoms with Crippen LogP contribution in [-0.4, -0.2) is 14.2 Å². The zero-order chi connectivity index (χ0) is 13.7. The fraction of sp³-hybridized carbons (Fsp3) is 0.125. The number of para-hydroxylation sites is 1. The van der Waals surface area contributed by atoms with Gasteiger partial charge in [0.2, 0.25) is 0 Å². The summed E-state index contributed by atoms with van der Waals surface area (Å²) in [6.07, 6.45) is 3.98. The predicted octanol–water partition coefficient (Wildman–Crippen LogP) is 3.46. The van der Waals surface area contributed by atoms with Gasteiger partial charge in [0, 0.05) is 5.69 Å². The third-order valence-corrected chi connectivity index (χ3v) is 2.86. The van der Waals surface area contributed by atoms with Crippen molar-refractivity contribution in [3.8, 4) is 11.5 Å². The first-order valence-electron chi connectivity index (χ1n) is 5.99. The van der Waals surface area contributed by atoms with Gasteiger partial charge in [0.25, 0.3) is 0 Å². The summed E-state index contributed by atoms with van der Waals surface area (Å²) in [6, 6.07) is 13.5. The van der Waals surface area contributed by atoms with E-state index >= 15 is 0 Å². The van der Waals surface area contributed by atoms with E-state index in [4.69, 9.17) is 15.2 Å². The van der Waals surface area contributed by atoms with Crippen molar-refractivity contribution in [3.05, 3.63) is 53.6 Å². The van der Waals surface area contributed by atoms with E-state index in [1.807, 2.05) is 54.6 Å². The molecule has 0 aliphatic carbocycles. The van der Waals surface area contributed by atoms with Gasteiger partial charge in [-0.05, 0) is 29.3 Å². The molecule has 2 N–H and O–H groups in total. The summed E-state index contributed by atoms with van der Waals surface area (Å²) < 4.78 is 10.5. The molecule has 0 saturated heterocycles. The zero-order valence-electron chi connectivity index (χ0n) is 11.1. The molecule has 0 bridgehead atoms. The normalized spacial score (nSPS) is 10.6. The van der Waals surface area contributed by atoms with E-state index in [2.05, 4.69) is 0 Å². The summed E-state index contributed by atoms with van der Waals surface area (Å²) in [4.78, 5) is 0. The Balaban J connectivity index is 2.26. The van der Waals surface area contributed by atoms with E-state index in [1.54, 1.807) is 14.2 Å². The molecule has 3 heteroatoms. The van der Waals surface area contributed by atoms with Crippen LogP contribution in [0.25, 0.3) is 12.2 Å². The van der Waals surface area contributed by atoms with Crippen LogP contribution >= 0.6 is 0 Å². The second-order valence-electron chi connectivity index (χ2n) is 4.08. The number of anilines is 1. The molecule has 0 atom stereocenters. The molecule has 0 aliphatic rings. The Labute approximate surface area is 113 Å². The van der Waals surface area contributed by atoms with Gasteiger partial charge in [-0.3, -0.25) is 0 Å². The molecule has 0 amide bonds. The fourth-order valence-electron chi connectivity index (χ4n) is 1.81. The molecule has 19 heavy (non-hydrogen) atoms. The molecule has 98 valence electrons. The number of rotatable bonds is 4. The molecule has 0 heterocycles. The minimum atomic E-state index is 0.714. The van der Waals surface area contributed by atoms with E-state index in [0.717, 1.165) is 22.6 Å². The Morgan fingerprint density at radius 1 is 0.895 bits per heavy atom. The molecule has 0 unspecified atom stereocenters. The highest BCUT2D eigenvalue weighted by Crippen LogP contribution is 2.28.